The minimum absolute atomic E-state index is 0.0415. The van der Waals surface area contributed by atoms with E-state index in [0.29, 0.717) is 54.8 Å². The molecule has 0 aliphatic carbocycles. The van der Waals surface area contributed by atoms with Crippen LogP contribution in [0.3, 0.4) is 0 Å². The van der Waals surface area contributed by atoms with Gasteiger partial charge in [-0.2, -0.15) is 0 Å². The number of carbonyl (C=O) groups is 3. The number of carbonyl (C=O) groups excluding carboxylic acids is 3. The summed E-state index contributed by atoms with van der Waals surface area (Å²) in [5.74, 6) is 1.54. The molecule has 0 aliphatic rings. The molecule has 4 N–H and O–H groups in total. The van der Waals surface area contributed by atoms with E-state index in [1.165, 1.54) is 13.8 Å². The third-order valence-electron chi connectivity index (χ3n) is 5.23. The van der Waals surface area contributed by atoms with Crippen molar-refractivity contribution in [3.63, 3.8) is 0 Å². The van der Waals surface area contributed by atoms with Crippen LogP contribution in [-0.4, -0.2) is 53.7 Å². The van der Waals surface area contributed by atoms with Gasteiger partial charge < -0.3 is 21.3 Å². The predicted octanol–water partition coefficient (Wildman–Crippen LogP) is 3.04. The lowest BCUT2D eigenvalue weighted by atomic mass is 10.1. The van der Waals surface area contributed by atoms with Crippen molar-refractivity contribution in [2.75, 3.05) is 36.8 Å². The molecule has 0 saturated heterocycles. The van der Waals surface area contributed by atoms with Crippen LogP contribution in [0.5, 0.6) is 0 Å². The summed E-state index contributed by atoms with van der Waals surface area (Å²) in [6.07, 6.45) is 0. The molecule has 2 amide bonds. The number of hydrogen-bond donors (Lipinski definition) is 4. The first-order chi connectivity index (χ1) is 16.8. The number of benzene rings is 2. The van der Waals surface area contributed by atoms with Gasteiger partial charge in [0.05, 0.1) is 0 Å². The SMILES string of the molecule is CC(=O)NCCNc1nc(-c2ccccc2)nc(NCCNC(=O)c2ccc(C(C)=O)cc2)c1C. The topological polar surface area (TPSA) is 125 Å². The van der Waals surface area contributed by atoms with Gasteiger partial charge in [0.25, 0.3) is 5.91 Å². The van der Waals surface area contributed by atoms with Crippen LogP contribution in [0.4, 0.5) is 11.6 Å². The Morgan fingerprint density at radius 2 is 1.26 bits per heavy atom. The van der Waals surface area contributed by atoms with Gasteiger partial charge in [-0.05, 0) is 26.0 Å². The Labute approximate surface area is 204 Å². The van der Waals surface area contributed by atoms with Crippen molar-refractivity contribution >= 4 is 29.2 Å². The molecule has 0 bridgehead atoms. The third kappa shape index (κ3) is 7.36. The van der Waals surface area contributed by atoms with Crippen molar-refractivity contribution in [1.82, 2.24) is 20.6 Å². The summed E-state index contributed by atoms with van der Waals surface area (Å²) < 4.78 is 0. The molecular formula is C26H30N6O3. The zero-order valence-corrected chi connectivity index (χ0v) is 20.1. The summed E-state index contributed by atoms with van der Waals surface area (Å²) >= 11 is 0. The second-order valence-corrected chi connectivity index (χ2v) is 7.96. The molecule has 9 nitrogen and oxygen atoms in total. The molecule has 9 heteroatoms. The molecule has 0 atom stereocenters. The Kier molecular flexibility index (Phi) is 8.89. The quantitative estimate of drug-likeness (QED) is 0.249. The summed E-state index contributed by atoms with van der Waals surface area (Å²) in [5, 5.41) is 12.2. The number of nitrogens with one attached hydrogen (secondary N) is 4. The van der Waals surface area contributed by atoms with Crippen LogP contribution in [0, 0.1) is 6.92 Å². The van der Waals surface area contributed by atoms with E-state index in [1.807, 2.05) is 37.3 Å². The maximum absolute atomic E-state index is 12.4. The number of hydrogen-bond acceptors (Lipinski definition) is 7. The summed E-state index contributed by atoms with van der Waals surface area (Å²) in [6.45, 7) is 6.70. The molecule has 0 radical (unpaired) electrons. The predicted molar refractivity (Wildman–Crippen MR) is 137 cm³/mol. The molecule has 0 aliphatic heterocycles. The van der Waals surface area contributed by atoms with Crippen LogP contribution >= 0.6 is 0 Å². The van der Waals surface area contributed by atoms with Crippen molar-refractivity contribution in [3.05, 3.63) is 71.3 Å². The van der Waals surface area contributed by atoms with E-state index < -0.39 is 0 Å². The minimum atomic E-state index is -0.216. The van der Waals surface area contributed by atoms with Crippen molar-refractivity contribution in [3.8, 4) is 11.4 Å². The van der Waals surface area contributed by atoms with Crippen molar-refractivity contribution in [2.45, 2.75) is 20.8 Å². The van der Waals surface area contributed by atoms with Crippen LogP contribution in [0.1, 0.15) is 40.1 Å². The zero-order valence-electron chi connectivity index (χ0n) is 20.1. The third-order valence-corrected chi connectivity index (χ3v) is 5.23. The molecule has 35 heavy (non-hydrogen) atoms. The summed E-state index contributed by atoms with van der Waals surface area (Å²) in [6, 6.07) is 16.2. The molecule has 1 heterocycles. The van der Waals surface area contributed by atoms with Gasteiger partial charge >= 0.3 is 0 Å². The first-order valence-corrected chi connectivity index (χ1v) is 11.4. The monoisotopic (exact) mass is 474 g/mol. The lowest BCUT2D eigenvalue weighted by Gasteiger charge is -2.16. The first-order valence-electron chi connectivity index (χ1n) is 11.4. The van der Waals surface area contributed by atoms with Gasteiger partial charge in [0.15, 0.2) is 11.6 Å². The van der Waals surface area contributed by atoms with Gasteiger partial charge in [-0.25, -0.2) is 9.97 Å². The second-order valence-electron chi connectivity index (χ2n) is 7.96. The van der Waals surface area contributed by atoms with Crippen molar-refractivity contribution in [1.29, 1.82) is 0 Å². The van der Waals surface area contributed by atoms with Gasteiger partial charge in [0.1, 0.15) is 11.6 Å². The van der Waals surface area contributed by atoms with E-state index >= 15 is 0 Å². The molecule has 0 fully saturated rings. The van der Waals surface area contributed by atoms with Gasteiger partial charge in [-0.1, -0.05) is 42.5 Å². The average molecular weight is 475 g/mol. The van der Waals surface area contributed by atoms with E-state index in [4.69, 9.17) is 0 Å². The number of anilines is 2. The molecular weight excluding hydrogens is 444 g/mol. The molecule has 0 saturated carbocycles. The lowest BCUT2D eigenvalue weighted by molar-refractivity contribution is -0.118. The zero-order chi connectivity index (χ0) is 25.2. The fourth-order valence-electron chi connectivity index (χ4n) is 3.31. The van der Waals surface area contributed by atoms with Crippen LogP contribution < -0.4 is 21.3 Å². The van der Waals surface area contributed by atoms with Gasteiger partial charge in [-0.15, -0.1) is 0 Å². The van der Waals surface area contributed by atoms with E-state index in [1.54, 1.807) is 24.3 Å². The standard InChI is InChI=1S/C26H30N6O3/c1-17-23(28-14-13-27-19(3)34)31-25(21-7-5-4-6-8-21)32-24(17)29-15-16-30-26(35)22-11-9-20(10-12-22)18(2)33/h4-12H,13-16H2,1-3H3,(H,27,34)(H,30,35)(H2,28,29,31,32). The maximum atomic E-state index is 12.4. The minimum Gasteiger partial charge on any atom is -0.368 e. The number of nitrogens with zero attached hydrogens (tertiary/aromatic N) is 2. The molecule has 1 aromatic heterocycles. The average Bonchev–Trinajstić information content (AvgIpc) is 2.86. The smallest absolute Gasteiger partial charge is 0.251 e. The van der Waals surface area contributed by atoms with Crippen LogP contribution in [0.2, 0.25) is 0 Å². The molecule has 0 unspecified atom stereocenters. The second kappa shape index (κ2) is 12.3. The highest BCUT2D eigenvalue weighted by Gasteiger charge is 2.13. The van der Waals surface area contributed by atoms with Gasteiger partial charge in [-0.3, -0.25) is 14.4 Å². The molecule has 2 aromatic carbocycles. The molecule has 3 aromatic rings. The number of rotatable bonds is 11. The fourth-order valence-corrected chi connectivity index (χ4v) is 3.31. The van der Waals surface area contributed by atoms with Crippen molar-refractivity contribution < 1.29 is 14.4 Å². The number of amides is 2. The van der Waals surface area contributed by atoms with Crippen LogP contribution in [0.15, 0.2) is 54.6 Å². The van der Waals surface area contributed by atoms with E-state index in [-0.39, 0.29) is 17.6 Å². The van der Waals surface area contributed by atoms with E-state index in [9.17, 15) is 14.4 Å². The van der Waals surface area contributed by atoms with Crippen LogP contribution in [0.25, 0.3) is 11.4 Å². The first kappa shape index (κ1) is 25.4. The van der Waals surface area contributed by atoms with E-state index in [0.717, 1.165) is 11.1 Å². The number of Topliss-reactive ketones (excluding diaryl/α,β-unsaturated/α-hetero) is 1. The summed E-state index contributed by atoms with van der Waals surface area (Å²) in [7, 11) is 0. The fraction of sp³-hybridized carbons (Fsp3) is 0.269. The Morgan fingerprint density at radius 3 is 1.80 bits per heavy atom. The summed E-state index contributed by atoms with van der Waals surface area (Å²) in [4.78, 5) is 44.3. The van der Waals surface area contributed by atoms with Crippen LogP contribution in [-0.2, 0) is 4.79 Å². The largest absolute Gasteiger partial charge is 0.368 e. The van der Waals surface area contributed by atoms with Crippen molar-refractivity contribution in [2.24, 2.45) is 0 Å². The highest BCUT2D eigenvalue weighted by molar-refractivity contribution is 5.97. The number of aromatic nitrogens is 2. The lowest BCUT2D eigenvalue weighted by Crippen LogP contribution is -2.29. The Bertz CT molecular complexity index is 1180. The van der Waals surface area contributed by atoms with Gasteiger partial charge in [0.2, 0.25) is 5.91 Å². The van der Waals surface area contributed by atoms with E-state index in [2.05, 4.69) is 31.2 Å². The highest BCUT2D eigenvalue weighted by atomic mass is 16.2. The summed E-state index contributed by atoms with van der Waals surface area (Å²) in [5.41, 5.74) is 2.77. The Hall–Kier alpha value is -4.27. The molecule has 0 spiro atoms. The normalized spacial score (nSPS) is 10.4. The van der Waals surface area contributed by atoms with Gasteiger partial charge in [0, 0.05) is 55.4 Å². The molecule has 182 valence electrons. The molecule has 3 rings (SSSR count). The maximum Gasteiger partial charge on any atom is 0.251 e. The Morgan fingerprint density at radius 1 is 0.714 bits per heavy atom. The Balaban J connectivity index is 1.65. The highest BCUT2D eigenvalue weighted by Crippen LogP contribution is 2.24. The number of ketones is 1.